The summed E-state index contributed by atoms with van der Waals surface area (Å²) in [5.74, 6) is -2.79. The van der Waals surface area contributed by atoms with E-state index < -0.39 is 34.8 Å². The number of hydrogen-bond donors (Lipinski definition) is 1. The third-order valence-corrected chi connectivity index (χ3v) is 2.88. The topological polar surface area (TPSA) is 98.5 Å². The number of carbonyl (C=O) groups is 2. The van der Waals surface area contributed by atoms with Crippen LogP contribution in [0, 0.1) is 21.7 Å². The second kappa shape index (κ2) is 7.27. The molecule has 0 aliphatic rings. The molecule has 2 aromatic carbocycles. The SMILES string of the molecule is O=Cc1ccc(OCC(=O)Nc2ccc(F)cc2F)c([N+](=O)[O-])c1. The fourth-order valence-electron chi connectivity index (χ4n) is 1.79. The zero-order valence-electron chi connectivity index (χ0n) is 12.0. The fourth-order valence-corrected chi connectivity index (χ4v) is 1.79. The van der Waals surface area contributed by atoms with Crippen LogP contribution >= 0.6 is 0 Å². The molecule has 0 spiro atoms. The first-order valence-electron chi connectivity index (χ1n) is 6.52. The van der Waals surface area contributed by atoms with Crippen LogP contribution in [0.15, 0.2) is 36.4 Å². The molecule has 0 aromatic heterocycles. The number of benzene rings is 2. The van der Waals surface area contributed by atoms with Gasteiger partial charge < -0.3 is 10.1 Å². The molecule has 0 aliphatic carbocycles. The number of amides is 1. The van der Waals surface area contributed by atoms with E-state index in [-0.39, 0.29) is 17.0 Å². The third kappa shape index (κ3) is 4.09. The van der Waals surface area contributed by atoms with E-state index in [1.165, 1.54) is 12.1 Å². The largest absolute Gasteiger partial charge is 0.477 e. The van der Waals surface area contributed by atoms with Crippen LogP contribution in [0.1, 0.15) is 10.4 Å². The molecule has 124 valence electrons. The summed E-state index contributed by atoms with van der Waals surface area (Å²) in [5, 5.41) is 13.1. The molecule has 0 heterocycles. The van der Waals surface area contributed by atoms with Gasteiger partial charge in [-0.1, -0.05) is 0 Å². The Hall–Kier alpha value is -3.36. The van der Waals surface area contributed by atoms with Crippen molar-refractivity contribution in [2.45, 2.75) is 0 Å². The maximum Gasteiger partial charge on any atom is 0.311 e. The van der Waals surface area contributed by atoms with E-state index in [0.717, 1.165) is 18.2 Å². The molecule has 0 saturated carbocycles. The van der Waals surface area contributed by atoms with Gasteiger partial charge >= 0.3 is 5.69 Å². The maximum absolute atomic E-state index is 13.4. The van der Waals surface area contributed by atoms with Crippen molar-refractivity contribution in [2.24, 2.45) is 0 Å². The fraction of sp³-hybridized carbons (Fsp3) is 0.0667. The van der Waals surface area contributed by atoms with Gasteiger partial charge in [-0.25, -0.2) is 8.78 Å². The monoisotopic (exact) mass is 336 g/mol. The molecule has 0 atom stereocenters. The molecule has 0 fully saturated rings. The number of rotatable bonds is 6. The lowest BCUT2D eigenvalue weighted by atomic mass is 10.2. The summed E-state index contributed by atoms with van der Waals surface area (Å²) in [5.41, 5.74) is -0.664. The third-order valence-electron chi connectivity index (χ3n) is 2.88. The Morgan fingerprint density at radius 1 is 1.25 bits per heavy atom. The van der Waals surface area contributed by atoms with Crippen LogP contribution < -0.4 is 10.1 Å². The Labute approximate surface area is 134 Å². The second-order valence-corrected chi connectivity index (χ2v) is 4.56. The Morgan fingerprint density at radius 3 is 2.62 bits per heavy atom. The number of halogens is 2. The number of anilines is 1. The molecule has 2 rings (SSSR count). The lowest BCUT2D eigenvalue weighted by Crippen LogP contribution is -2.21. The number of hydrogen-bond acceptors (Lipinski definition) is 5. The van der Waals surface area contributed by atoms with Gasteiger partial charge in [0.2, 0.25) is 0 Å². The van der Waals surface area contributed by atoms with Crippen LogP contribution in [-0.2, 0) is 4.79 Å². The Balaban J connectivity index is 2.06. The van der Waals surface area contributed by atoms with Gasteiger partial charge in [0.15, 0.2) is 12.4 Å². The summed E-state index contributed by atoms with van der Waals surface area (Å²) in [6, 6.07) is 6.05. The van der Waals surface area contributed by atoms with Crippen LogP contribution in [-0.4, -0.2) is 23.7 Å². The minimum absolute atomic E-state index is 0.0758. The average Bonchev–Trinajstić information content (AvgIpc) is 2.55. The molecule has 1 amide bonds. The van der Waals surface area contributed by atoms with Gasteiger partial charge in [-0.3, -0.25) is 19.7 Å². The van der Waals surface area contributed by atoms with Crippen molar-refractivity contribution in [1.82, 2.24) is 0 Å². The number of nitro benzene ring substituents is 1. The lowest BCUT2D eigenvalue weighted by molar-refractivity contribution is -0.385. The van der Waals surface area contributed by atoms with E-state index in [9.17, 15) is 28.5 Å². The molecule has 2 aromatic rings. The number of nitro groups is 1. The highest BCUT2D eigenvalue weighted by Crippen LogP contribution is 2.27. The molecule has 7 nitrogen and oxygen atoms in total. The molecule has 1 N–H and O–H groups in total. The smallest absolute Gasteiger partial charge is 0.311 e. The van der Waals surface area contributed by atoms with Gasteiger partial charge in [-0.15, -0.1) is 0 Å². The highest BCUT2D eigenvalue weighted by Gasteiger charge is 2.17. The molecule has 24 heavy (non-hydrogen) atoms. The molecule has 0 aliphatic heterocycles. The molecule has 9 heteroatoms. The summed E-state index contributed by atoms with van der Waals surface area (Å²) in [4.78, 5) is 32.5. The van der Waals surface area contributed by atoms with E-state index >= 15 is 0 Å². The van der Waals surface area contributed by atoms with Crippen molar-refractivity contribution in [3.63, 3.8) is 0 Å². The highest BCUT2D eigenvalue weighted by atomic mass is 19.1. The highest BCUT2D eigenvalue weighted by molar-refractivity contribution is 5.92. The predicted molar refractivity (Wildman–Crippen MR) is 79.0 cm³/mol. The predicted octanol–water partition coefficient (Wildman–Crippen LogP) is 2.70. The number of aldehydes is 1. The molecule has 0 unspecified atom stereocenters. The van der Waals surface area contributed by atoms with Gasteiger partial charge in [-0.2, -0.15) is 0 Å². The van der Waals surface area contributed by atoms with Crippen molar-refractivity contribution >= 4 is 23.6 Å². The van der Waals surface area contributed by atoms with E-state index in [1.54, 1.807) is 0 Å². The van der Waals surface area contributed by atoms with E-state index in [4.69, 9.17) is 4.74 Å². The first-order valence-corrected chi connectivity index (χ1v) is 6.52. The number of ether oxygens (including phenoxy) is 1. The van der Waals surface area contributed by atoms with Crippen LogP contribution in [0.5, 0.6) is 5.75 Å². The number of nitrogens with one attached hydrogen (secondary N) is 1. The molecular weight excluding hydrogens is 326 g/mol. The Bertz CT molecular complexity index is 810. The quantitative estimate of drug-likeness (QED) is 0.497. The first-order chi connectivity index (χ1) is 11.4. The van der Waals surface area contributed by atoms with Crippen molar-refractivity contribution in [1.29, 1.82) is 0 Å². The van der Waals surface area contributed by atoms with Crippen molar-refractivity contribution in [3.8, 4) is 5.75 Å². The van der Waals surface area contributed by atoms with Gasteiger partial charge in [0.05, 0.1) is 10.6 Å². The number of carbonyl (C=O) groups excluding carboxylic acids is 2. The maximum atomic E-state index is 13.4. The second-order valence-electron chi connectivity index (χ2n) is 4.56. The minimum atomic E-state index is -0.968. The van der Waals surface area contributed by atoms with Crippen LogP contribution in [0.3, 0.4) is 0 Å². The summed E-state index contributed by atoms with van der Waals surface area (Å²) < 4.78 is 31.2. The van der Waals surface area contributed by atoms with Gasteiger partial charge in [-0.05, 0) is 24.3 Å². The summed E-state index contributed by atoms with van der Waals surface area (Å²) >= 11 is 0. The van der Waals surface area contributed by atoms with E-state index in [2.05, 4.69) is 5.32 Å². The number of nitrogens with zero attached hydrogens (tertiary/aromatic N) is 1. The van der Waals surface area contributed by atoms with E-state index in [0.29, 0.717) is 12.4 Å². The van der Waals surface area contributed by atoms with Gasteiger partial charge in [0.25, 0.3) is 5.91 Å². The summed E-state index contributed by atoms with van der Waals surface area (Å²) in [6.45, 7) is -0.641. The Morgan fingerprint density at radius 2 is 2.00 bits per heavy atom. The lowest BCUT2D eigenvalue weighted by Gasteiger charge is -2.09. The van der Waals surface area contributed by atoms with Crippen molar-refractivity contribution in [3.05, 3.63) is 63.7 Å². The minimum Gasteiger partial charge on any atom is -0.477 e. The zero-order chi connectivity index (χ0) is 17.7. The average molecular weight is 336 g/mol. The molecule has 0 bridgehead atoms. The standard InChI is InChI=1S/C15H10F2N2O5/c16-10-2-3-12(11(17)6-10)18-15(21)8-24-14-4-1-9(7-20)5-13(14)19(22)23/h1-7H,8H2,(H,18,21). The summed E-state index contributed by atoms with van der Waals surface area (Å²) in [7, 11) is 0. The van der Waals surface area contributed by atoms with E-state index in [1.807, 2.05) is 0 Å². The normalized spacial score (nSPS) is 10.1. The van der Waals surface area contributed by atoms with Crippen molar-refractivity contribution in [2.75, 3.05) is 11.9 Å². The van der Waals surface area contributed by atoms with Crippen LogP contribution in [0.4, 0.5) is 20.2 Å². The first kappa shape index (κ1) is 17.0. The summed E-state index contributed by atoms with van der Waals surface area (Å²) in [6.07, 6.45) is 0.431. The van der Waals surface area contributed by atoms with Crippen LogP contribution in [0.25, 0.3) is 0 Å². The van der Waals surface area contributed by atoms with Crippen LogP contribution in [0.2, 0.25) is 0 Å². The van der Waals surface area contributed by atoms with Gasteiger partial charge in [0.1, 0.15) is 17.9 Å². The molecular formula is C15H10F2N2O5. The Kier molecular flexibility index (Phi) is 5.15. The van der Waals surface area contributed by atoms with Crippen molar-refractivity contribution < 1.29 is 28.0 Å². The molecule has 0 saturated heterocycles. The zero-order valence-corrected chi connectivity index (χ0v) is 12.0. The molecule has 0 radical (unpaired) electrons. The van der Waals surface area contributed by atoms with Gasteiger partial charge in [0, 0.05) is 17.7 Å².